The maximum atomic E-state index is 10.8. The molecule has 0 aliphatic heterocycles. The third-order valence-electron chi connectivity index (χ3n) is 1.44. The summed E-state index contributed by atoms with van der Waals surface area (Å²) in [6.07, 6.45) is 13.1. The maximum Gasteiger partial charge on any atom is 0.330 e. The highest BCUT2D eigenvalue weighted by atomic mass is 16.5. The Hall–Kier alpha value is -1.31. The van der Waals surface area contributed by atoms with E-state index in [1.807, 2.05) is 12.2 Å². The van der Waals surface area contributed by atoms with Crippen LogP contribution in [0.1, 0.15) is 26.7 Å². The van der Waals surface area contributed by atoms with Crippen LogP contribution >= 0.6 is 0 Å². The van der Waals surface area contributed by atoms with Crippen LogP contribution in [0.2, 0.25) is 0 Å². The molecule has 0 saturated heterocycles. The molecule has 0 radical (unpaired) electrons. The Bertz CT molecular complexity index is 224. The lowest BCUT2D eigenvalue weighted by molar-refractivity contribution is -0.137. The van der Waals surface area contributed by atoms with Gasteiger partial charge in [0.15, 0.2) is 0 Å². The normalized spacial score (nSPS) is 11.9. The summed E-state index contributed by atoms with van der Waals surface area (Å²) in [6.45, 7) is 4.31. The zero-order valence-corrected chi connectivity index (χ0v) is 8.90. The zero-order valence-electron chi connectivity index (χ0n) is 8.90. The minimum absolute atomic E-state index is 0.291. The van der Waals surface area contributed by atoms with Crippen molar-refractivity contribution in [2.45, 2.75) is 26.7 Å². The molecule has 2 heteroatoms. The van der Waals surface area contributed by atoms with Crippen molar-refractivity contribution in [1.29, 1.82) is 0 Å². The lowest BCUT2D eigenvalue weighted by Crippen LogP contribution is -1.98. The second-order valence-electron chi connectivity index (χ2n) is 2.65. The molecule has 0 aromatic rings. The first kappa shape index (κ1) is 12.7. The Morgan fingerprint density at radius 1 is 1.14 bits per heavy atom. The first-order valence-electron chi connectivity index (χ1n) is 4.96. The Kier molecular flexibility index (Phi) is 8.86. The van der Waals surface area contributed by atoms with Crippen molar-refractivity contribution in [3.63, 3.8) is 0 Å². The van der Waals surface area contributed by atoms with Crippen molar-refractivity contribution >= 4 is 5.97 Å². The highest BCUT2D eigenvalue weighted by molar-refractivity contribution is 5.82. The van der Waals surface area contributed by atoms with E-state index in [2.05, 4.69) is 19.1 Å². The van der Waals surface area contributed by atoms with Crippen LogP contribution in [-0.2, 0) is 9.53 Å². The summed E-state index contributed by atoms with van der Waals surface area (Å²) in [5, 5.41) is 0. The van der Waals surface area contributed by atoms with E-state index in [1.165, 1.54) is 6.08 Å². The van der Waals surface area contributed by atoms with E-state index in [9.17, 15) is 4.79 Å². The fraction of sp³-hybridized carbons (Fsp3) is 0.417. The van der Waals surface area contributed by atoms with Gasteiger partial charge in [0.2, 0.25) is 0 Å². The van der Waals surface area contributed by atoms with Gasteiger partial charge in [-0.1, -0.05) is 37.3 Å². The summed E-state index contributed by atoms with van der Waals surface area (Å²) >= 11 is 0. The molecule has 0 fully saturated rings. The Balaban J connectivity index is 3.59. The summed E-state index contributed by atoms with van der Waals surface area (Å²) in [4.78, 5) is 10.8. The van der Waals surface area contributed by atoms with Gasteiger partial charge in [-0.05, 0) is 19.8 Å². The van der Waals surface area contributed by atoms with Crippen LogP contribution in [0.5, 0.6) is 0 Å². The van der Waals surface area contributed by atoms with E-state index in [1.54, 1.807) is 13.0 Å². The molecule has 2 nitrogen and oxygen atoms in total. The summed E-state index contributed by atoms with van der Waals surface area (Å²) in [5.41, 5.74) is 0. The van der Waals surface area contributed by atoms with Crippen molar-refractivity contribution in [1.82, 2.24) is 0 Å². The van der Waals surface area contributed by atoms with Gasteiger partial charge in [0.1, 0.15) is 0 Å². The van der Waals surface area contributed by atoms with Gasteiger partial charge < -0.3 is 4.74 Å². The number of hydrogen-bond acceptors (Lipinski definition) is 2. The van der Waals surface area contributed by atoms with Gasteiger partial charge in [-0.2, -0.15) is 0 Å². The van der Waals surface area contributed by atoms with Crippen molar-refractivity contribution in [3.8, 4) is 0 Å². The van der Waals surface area contributed by atoms with E-state index >= 15 is 0 Å². The quantitative estimate of drug-likeness (QED) is 0.281. The largest absolute Gasteiger partial charge is 0.463 e. The van der Waals surface area contributed by atoms with Gasteiger partial charge in [-0.25, -0.2) is 4.79 Å². The molecule has 0 N–H and O–H groups in total. The molecule has 14 heavy (non-hydrogen) atoms. The number of esters is 1. The van der Waals surface area contributed by atoms with Crippen LogP contribution in [0.15, 0.2) is 36.5 Å². The fourth-order valence-electron chi connectivity index (χ4n) is 0.823. The summed E-state index contributed by atoms with van der Waals surface area (Å²) in [7, 11) is 0. The third-order valence-corrected chi connectivity index (χ3v) is 1.44. The minimum Gasteiger partial charge on any atom is -0.463 e. The van der Waals surface area contributed by atoms with Crippen LogP contribution in [-0.4, -0.2) is 12.6 Å². The minimum atomic E-state index is -0.291. The monoisotopic (exact) mass is 194 g/mol. The third kappa shape index (κ3) is 8.78. The Labute approximate surface area is 86.0 Å². The van der Waals surface area contributed by atoms with Crippen molar-refractivity contribution in [3.05, 3.63) is 36.5 Å². The molecule has 0 bridgehead atoms. The van der Waals surface area contributed by atoms with E-state index in [4.69, 9.17) is 4.74 Å². The van der Waals surface area contributed by atoms with Crippen LogP contribution in [0, 0.1) is 0 Å². The molecule has 0 unspecified atom stereocenters. The molecular weight excluding hydrogens is 176 g/mol. The lowest BCUT2D eigenvalue weighted by atomic mass is 10.3. The highest BCUT2D eigenvalue weighted by Crippen LogP contribution is 1.89. The number of ether oxygens (including phenoxy) is 1. The zero-order chi connectivity index (χ0) is 10.6. The Morgan fingerprint density at radius 2 is 1.93 bits per heavy atom. The summed E-state index contributed by atoms with van der Waals surface area (Å²) < 4.78 is 4.71. The SMILES string of the molecule is CC/C=C\C/C=C/C=C/C(=O)OCC. The Morgan fingerprint density at radius 3 is 2.57 bits per heavy atom. The second-order valence-corrected chi connectivity index (χ2v) is 2.65. The van der Waals surface area contributed by atoms with Gasteiger partial charge >= 0.3 is 5.97 Å². The van der Waals surface area contributed by atoms with Gasteiger partial charge in [-0.15, -0.1) is 0 Å². The van der Waals surface area contributed by atoms with Gasteiger partial charge in [0, 0.05) is 6.08 Å². The van der Waals surface area contributed by atoms with Gasteiger partial charge in [-0.3, -0.25) is 0 Å². The molecule has 0 saturated carbocycles. The van der Waals surface area contributed by atoms with E-state index in [-0.39, 0.29) is 5.97 Å². The molecular formula is C12H18O2. The smallest absolute Gasteiger partial charge is 0.330 e. The highest BCUT2D eigenvalue weighted by Gasteiger charge is 1.89. The number of rotatable bonds is 6. The molecule has 0 amide bonds. The number of allylic oxidation sites excluding steroid dienone is 5. The van der Waals surface area contributed by atoms with Gasteiger partial charge in [0.25, 0.3) is 0 Å². The average Bonchev–Trinajstić information content (AvgIpc) is 2.17. The number of carbonyl (C=O) groups is 1. The molecule has 78 valence electrons. The molecule has 0 heterocycles. The van der Waals surface area contributed by atoms with Crippen molar-refractivity contribution in [2.24, 2.45) is 0 Å². The van der Waals surface area contributed by atoms with Crippen molar-refractivity contribution < 1.29 is 9.53 Å². The number of hydrogen-bond donors (Lipinski definition) is 0. The summed E-state index contributed by atoms with van der Waals surface area (Å²) in [6, 6.07) is 0. The molecule has 0 spiro atoms. The predicted octanol–water partition coefficient (Wildman–Crippen LogP) is 3.02. The molecule has 0 aliphatic carbocycles. The van der Waals surface area contributed by atoms with Gasteiger partial charge in [0.05, 0.1) is 6.61 Å². The number of carbonyl (C=O) groups excluding carboxylic acids is 1. The van der Waals surface area contributed by atoms with E-state index in [0.717, 1.165) is 12.8 Å². The van der Waals surface area contributed by atoms with Crippen LogP contribution in [0.3, 0.4) is 0 Å². The topological polar surface area (TPSA) is 26.3 Å². The average molecular weight is 194 g/mol. The standard InChI is InChI=1S/C12H18O2/c1-3-5-6-7-8-9-10-11-12(13)14-4-2/h5-6,8-11H,3-4,7H2,1-2H3/b6-5-,9-8+,11-10+. The molecule has 0 aromatic heterocycles. The van der Waals surface area contributed by atoms with Crippen LogP contribution in [0.25, 0.3) is 0 Å². The second kappa shape index (κ2) is 9.78. The van der Waals surface area contributed by atoms with E-state index in [0.29, 0.717) is 6.61 Å². The maximum absolute atomic E-state index is 10.8. The molecule has 0 aliphatic rings. The summed E-state index contributed by atoms with van der Waals surface area (Å²) in [5.74, 6) is -0.291. The molecule has 0 rings (SSSR count). The predicted molar refractivity (Wildman–Crippen MR) is 59.0 cm³/mol. The van der Waals surface area contributed by atoms with Crippen molar-refractivity contribution in [2.75, 3.05) is 6.61 Å². The fourth-order valence-corrected chi connectivity index (χ4v) is 0.823. The molecule has 0 atom stereocenters. The molecule has 0 aromatic carbocycles. The van der Waals surface area contributed by atoms with Crippen LogP contribution < -0.4 is 0 Å². The first-order valence-corrected chi connectivity index (χ1v) is 4.96. The van der Waals surface area contributed by atoms with Crippen LogP contribution in [0.4, 0.5) is 0 Å². The lowest BCUT2D eigenvalue weighted by Gasteiger charge is -1.92. The first-order chi connectivity index (χ1) is 6.81. The van der Waals surface area contributed by atoms with E-state index < -0.39 is 0 Å².